The van der Waals surface area contributed by atoms with E-state index in [4.69, 9.17) is 16.9 Å². The fourth-order valence-corrected chi connectivity index (χ4v) is 1.73. The molecule has 0 aliphatic heterocycles. The van der Waals surface area contributed by atoms with E-state index in [1.807, 2.05) is 51.1 Å². The van der Waals surface area contributed by atoms with E-state index in [1.54, 1.807) is 0 Å². The Morgan fingerprint density at radius 2 is 1.89 bits per heavy atom. The summed E-state index contributed by atoms with van der Waals surface area (Å²) in [5.41, 5.74) is 5.38. The van der Waals surface area contributed by atoms with Crippen molar-refractivity contribution in [3.63, 3.8) is 0 Å². The van der Waals surface area contributed by atoms with E-state index in [9.17, 15) is 4.79 Å². The molecule has 19 heavy (non-hydrogen) atoms. The summed E-state index contributed by atoms with van der Waals surface area (Å²) < 4.78 is 5.37. The zero-order chi connectivity index (χ0) is 14.5. The Balaban J connectivity index is 2.91. The molecule has 0 saturated carbocycles. The molecular formula is C16H21NO2. The maximum atomic E-state index is 12.2. The number of carbonyl (C=O) groups is 1. The van der Waals surface area contributed by atoms with Crippen LogP contribution in [0.5, 0.6) is 0 Å². The molecule has 3 heteroatoms. The molecule has 1 atom stereocenters. The number of benzene rings is 1. The highest BCUT2D eigenvalue weighted by Gasteiger charge is 2.37. The number of rotatable bonds is 4. The van der Waals surface area contributed by atoms with Crippen molar-refractivity contribution in [2.24, 2.45) is 5.73 Å². The van der Waals surface area contributed by atoms with Crippen LogP contribution in [0.3, 0.4) is 0 Å². The lowest BCUT2D eigenvalue weighted by Crippen LogP contribution is -2.52. The largest absolute Gasteiger partial charge is 0.459 e. The SMILES string of the molecule is C#CC[C@](N)(Cc1ccccc1)C(=O)OC(C)(C)C. The van der Waals surface area contributed by atoms with E-state index in [1.165, 1.54) is 0 Å². The Labute approximate surface area is 115 Å². The zero-order valence-electron chi connectivity index (χ0n) is 11.8. The van der Waals surface area contributed by atoms with E-state index >= 15 is 0 Å². The number of esters is 1. The predicted molar refractivity (Wildman–Crippen MR) is 76.4 cm³/mol. The van der Waals surface area contributed by atoms with Gasteiger partial charge in [0.05, 0.1) is 0 Å². The maximum Gasteiger partial charge on any atom is 0.327 e. The van der Waals surface area contributed by atoms with Crippen LogP contribution >= 0.6 is 0 Å². The van der Waals surface area contributed by atoms with Gasteiger partial charge >= 0.3 is 5.97 Å². The van der Waals surface area contributed by atoms with Crippen LogP contribution in [0.15, 0.2) is 30.3 Å². The van der Waals surface area contributed by atoms with Crippen molar-refractivity contribution < 1.29 is 9.53 Å². The Morgan fingerprint density at radius 1 is 1.32 bits per heavy atom. The number of terminal acetylenes is 1. The van der Waals surface area contributed by atoms with E-state index in [-0.39, 0.29) is 6.42 Å². The first-order valence-electron chi connectivity index (χ1n) is 6.26. The maximum absolute atomic E-state index is 12.2. The third-order valence-electron chi connectivity index (χ3n) is 2.59. The van der Waals surface area contributed by atoms with Crippen LogP contribution in [0.25, 0.3) is 0 Å². The molecule has 1 aromatic carbocycles. The standard InChI is InChI=1S/C16H21NO2/c1-5-11-16(17,14(18)19-15(2,3)4)12-13-9-7-6-8-10-13/h1,6-10H,11-12,17H2,2-4H3/t16-/m0/s1. The molecule has 0 fully saturated rings. The predicted octanol–water partition coefficient (Wildman–Crippen LogP) is 2.29. The number of hydrogen-bond acceptors (Lipinski definition) is 3. The lowest BCUT2D eigenvalue weighted by molar-refractivity contribution is -0.161. The molecule has 0 heterocycles. The molecule has 0 aromatic heterocycles. The van der Waals surface area contributed by atoms with Crippen LogP contribution < -0.4 is 5.73 Å². The first-order valence-corrected chi connectivity index (χ1v) is 6.26. The van der Waals surface area contributed by atoms with Crippen molar-refractivity contribution >= 4 is 5.97 Å². The second-order valence-electron chi connectivity index (χ2n) is 5.70. The lowest BCUT2D eigenvalue weighted by Gasteiger charge is -2.30. The molecule has 0 radical (unpaired) electrons. The minimum atomic E-state index is -1.18. The highest BCUT2D eigenvalue weighted by atomic mass is 16.6. The normalized spacial score (nSPS) is 14.3. The van der Waals surface area contributed by atoms with Crippen molar-refractivity contribution in [1.82, 2.24) is 0 Å². The smallest absolute Gasteiger partial charge is 0.327 e. The van der Waals surface area contributed by atoms with Gasteiger partial charge in [0.1, 0.15) is 11.1 Å². The molecule has 0 aliphatic carbocycles. The molecule has 0 saturated heterocycles. The van der Waals surface area contributed by atoms with E-state index in [0.29, 0.717) is 6.42 Å². The monoisotopic (exact) mass is 259 g/mol. The van der Waals surface area contributed by atoms with Gasteiger partial charge in [-0.05, 0) is 26.3 Å². The second kappa shape index (κ2) is 5.90. The van der Waals surface area contributed by atoms with Crippen LogP contribution in [0.4, 0.5) is 0 Å². The molecule has 2 N–H and O–H groups in total. The summed E-state index contributed by atoms with van der Waals surface area (Å²) in [6, 6.07) is 9.56. The third kappa shape index (κ3) is 4.76. The summed E-state index contributed by atoms with van der Waals surface area (Å²) in [5.74, 6) is 2.01. The minimum Gasteiger partial charge on any atom is -0.459 e. The molecule has 0 aliphatic rings. The van der Waals surface area contributed by atoms with Gasteiger partial charge in [0, 0.05) is 12.8 Å². The zero-order valence-corrected chi connectivity index (χ0v) is 11.8. The quantitative estimate of drug-likeness (QED) is 0.666. The van der Waals surface area contributed by atoms with Gasteiger partial charge in [-0.1, -0.05) is 30.3 Å². The van der Waals surface area contributed by atoms with Crippen LogP contribution in [0.1, 0.15) is 32.8 Å². The lowest BCUT2D eigenvalue weighted by atomic mass is 9.88. The van der Waals surface area contributed by atoms with Crippen LogP contribution in [-0.2, 0) is 16.0 Å². The molecule has 0 bridgehead atoms. The highest BCUT2D eigenvalue weighted by Crippen LogP contribution is 2.20. The van der Waals surface area contributed by atoms with E-state index < -0.39 is 17.1 Å². The van der Waals surface area contributed by atoms with Gasteiger partial charge in [0.2, 0.25) is 0 Å². The fraction of sp³-hybridized carbons (Fsp3) is 0.438. The van der Waals surface area contributed by atoms with Crippen LogP contribution in [0.2, 0.25) is 0 Å². The topological polar surface area (TPSA) is 52.3 Å². The van der Waals surface area contributed by atoms with Crippen molar-refractivity contribution in [3.8, 4) is 12.3 Å². The van der Waals surface area contributed by atoms with Gasteiger partial charge in [-0.2, -0.15) is 0 Å². The number of nitrogens with two attached hydrogens (primary N) is 1. The summed E-state index contributed by atoms with van der Waals surface area (Å²) in [5, 5.41) is 0. The molecule has 0 unspecified atom stereocenters. The first kappa shape index (κ1) is 15.3. The Bertz CT molecular complexity index is 468. The van der Waals surface area contributed by atoms with Crippen LogP contribution in [0, 0.1) is 12.3 Å². The summed E-state index contributed by atoms with van der Waals surface area (Å²) in [4.78, 5) is 12.2. The second-order valence-corrected chi connectivity index (χ2v) is 5.70. The van der Waals surface area contributed by atoms with Gasteiger partial charge in [-0.15, -0.1) is 12.3 Å². The Kier molecular flexibility index (Phi) is 4.74. The summed E-state index contributed by atoms with van der Waals surface area (Å²) in [6.07, 6.45) is 5.85. The first-order chi connectivity index (χ1) is 8.77. The van der Waals surface area contributed by atoms with Crippen molar-refractivity contribution in [3.05, 3.63) is 35.9 Å². The Hall–Kier alpha value is -1.79. The van der Waals surface area contributed by atoms with Gasteiger partial charge in [0.25, 0.3) is 0 Å². The Morgan fingerprint density at radius 3 is 2.37 bits per heavy atom. The van der Waals surface area contributed by atoms with Crippen LogP contribution in [-0.4, -0.2) is 17.1 Å². The van der Waals surface area contributed by atoms with E-state index in [2.05, 4.69) is 5.92 Å². The molecule has 1 rings (SSSR count). The molecule has 102 valence electrons. The van der Waals surface area contributed by atoms with Gasteiger partial charge < -0.3 is 10.5 Å². The molecular weight excluding hydrogens is 238 g/mol. The number of ether oxygens (including phenoxy) is 1. The molecule has 1 aromatic rings. The third-order valence-corrected chi connectivity index (χ3v) is 2.59. The van der Waals surface area contributed by atoms with Crippen molar-refractivity contribution in [2.45, 2.75) is 44.8 Å². The molecule has 3 nitrogen and oxygen atoms in total. The molecule has 0 amide bonds. The average Bonchev–Trinajstić information content (AvgIpc) is 2.28. The number of hydrogen-bond donors (Lipinski definition) is 1. The van der Waals surface area contributed by atoms with Gasteiger partial charge in [-0.25, -0.2) is 4.79 Å². The van der Waals surface area contributed by atoms with Gasteiger partial charge in [0.15, 0.2) is 0 Å². The minimum absolute atomic E-state index is 0.150. The summed E-state index contributed by atoms with van der Waals surface area (Å²) >= 11 is 0. The number of carbonyl (C=O) groups excluding carboxylic acids is 1. The summed E-state index contributed by atoms with van der Waals surface area (Å²) in [6.45, 7) is 5.43. The van der Waals surface area contributed by atoms with Crippen molar-refractivity contribution in [2.75, 3.05) is 0 Å². The summed E-state index contributed by atoms with van der Waals surface area (Å²) in [7, 11) is 0. The molecule has 0 spiro atoms. The fourth-order valence-electron chi connectivity index (χ4n) is 1.73. The van der Waals surface area contributed by atoms with Crippen molar-refractivity contribution in [1.29, 1.82) is 0 Å². The highest BCUT2D eigenvalue weighted by molar-refractivity contribution is 5.81. The average molecular weight is 259 g/mol. The van der Waals surface area contributed by atoms with E-state index in [0.717, 1.165) is 5.56 Å². The van der Waals surface area contributed by atoms with Gasteiger partial charge in [-0.3, -0.25) is 0 Å².